The number of esters is 1. The minimum Gasteiger partial charge on any atom is -0.484 e. The minimum atomic E-state index is -0.362. The summed E-state index contributed by atoms with van der Waals surface area (Å²) >= 11 is 6.18. The first kappa shape index (κ1) is 16.6. The molecular formula is C19H21ClN2O3. The van der Waals surface area contributed by atoms with Gasteiger partial charge in [-0.15, -0.1) is 0 Å². The highest BCUT2D eigenvalue weighted by molar-refractivity contribution is 6.31. The normalized spacial score (nSPS) is 25.8. The molecule has 2 aliphatic rings. The number of methoxy groups -OCH3 is 1. The van der Waals surface area contributed by atoms with Crippen molar-refractivity contribution in [3.8, 4) is 5.75 Å². The van der Waals surface area contributed by atoms with E-state index in [-0.39, 0.29) is 17.6 Å². The molecule has 1 aromatic carbocycles. The number of aryl methyl sites for hydroxylation is 2. The number of fused-ring (bicyclic) bond motifs is 3. The van der Waals surface area contributed by atoms with Crippen molar-refractivity contribution in [1.29, 1.82) is 0 Å². The van der Waals surface area contributed by atoms with Crippen molar-refractivity contribution in [1.82, 2.24) is 9.88 Å². The Morgan fingerprint density at radius 3 is 3.04 bits per heavy atom. The lowest BCUT2D eigenvalue weighted by Gasteiger charge is -2.36. The van der Waals surface area contributed by atoms with Crippen LogP contribution in [-0.4, -0.2) is 48.2 Å². The number of hydrogen-bond acceptors (Lipinski definition) is 5. The second-order valence-corrected chi connectivity index (χ2v) is 7.55. The summed E-state index contributed by atoms with van der Waals surface area (Å²) in [4.78, 5) is 18.7. The molecule has 1 saturated heterocycles. The van der Waals surface area contributed by atoms with Gasteiger partial charge in [0.15, 0.2) is 0 Å². The van der Waals surface area contributed by atoms with Gasteiger partial charge in [0.05, 0.1) is 18.3 Å². The average Bonchev–Trinajstić information content (AvgIpc) is 2.91. The summed E-state index contributed by atoms with van der Waals surface area (Å²) < 4.78 is 11.4. The van der Waals surface area contributed by atoms with E-state index in [1.165, 1.54) is 12.7 Å². The standard InChI is InChI=1S/C19H21ClN2O3/c1-11-17-13(14-8-12(20)4-5-15(14)21-11)6-7-19(25-17)9-16(18(23)24-3)22(2)10-19/h4-5,8,16H,6-7,9-10H2,1-3H3. The molecule has 1 spiro atoms. The Morgan fingerprint density at radius 2 is 2.28 bits per heavy atom. The molecule has 0 N–H and O–H groups in total. The van der Waals surface area contributed by atoms with E-state index < -0.39 is 0 Å². The summed E-state index contributed by atoms with van der Waals surface area (Å²) in [5, 5.41) is 1.76. The summed E-state index contributed by atoms with van der Waals surface area (Å²) in [6.45, 7) is 2.68. The van der Waals surface area contributed by atoms with Crippen LogP contribution in [0.15, 0.2) is 18.2 Å². The van der Waals surface area contributed by atoms with Gasteiger partial charge in [-0.05, 0) is 45.0 Å². The van der Waals surface area contributed by atoms with Gasteiger partial charge in [-0.25, -0.2) is 4.98 Å². The number of pyridine rings is 1. The summed E-state index contributed by atoms with van der Waals surface area (Å²) in [5.74, 6) is 0.647. The van der Waals surface area contributed by atoms with Crippen LogP contribution in [0.3, 0.4) is 0 Å². The van der Waals surface area contributed by atoms with Crippen molar-refractivity contribution in [2.45, 2.75) is 37.8 Å². The Balaban J connectivity index is 1.74. The first-order valence-electron chi connectivity index (χ1n) is 8.48. The average molecular weight is 361 g/mol. The highest BCUT2D eigenvalue weighted by Gasteiger charge is 2.49. The third-order valence-electron chi connectivity index (χ3n) is 5.43. The molecule has 2 aliphatic heterocycles. The molecule has 132 valence electrons. The van der Waals surface area contributed by atoms with Crippen LogP contribution in [0.25, 0.3) is 10.9 Å². The SMILES string of the molecule is COC(=O)C1CC2(CCc3c(c(C)nc4ccc(Cl)cc34)O2)CN1C. The summed E-state index contributed by atoms with van der Waals surface area (Å²) in [6.07, 6.45) is 2.39. The van der Waals surface area contributed by atoms with E-state index in [1.807, 2.05) is 37.1 Å². The zero-order chi connectivity index (χ0) is 17.8. The van der Waals surface area contributed by atoms with Crippen LogP contribution in [0, 0.1) is 6.92 Å². The third kappa shape index (κ3) is 2.66. The molecule has 0 saturated carbocycles. The van der Waals surface area contributed by atoms with Crippen molar-refractivity contribution < 1.29 is 14.3 Å². The number of likely N-dealkylation sites (N-methyl/N-ethyl adjacent to an activating group) is 1. The van der Waals surface area contributed by atoms with Crippen LogP contribution in [0.2, 0.25) is 5.02 Å². The predicted octanol–water partition coefficient (Wildman–Crippen LogP) is 3.14. The predicted molar refractivity (Wildman–Crippen MR) is 96.2 cm³/mol. The van der Waals surface area contributed by atoms with Crippen molar-refractivity contribution in [2.75, 3.05) is 20.7 Å². The zero-order valence-electron chi connectivity index (χ0n) is 14.6. The molecule has 5 nitrogen and oxygen atoms in total. The van der Waals surface area contributed by atoms with Gasteiger partial charge in [0.25, 0.3) is 0 Å². The van der Waals surface area contributed by atoms with E-state index in [0.29, 0.717) is 18.0 Å². The van der Waals surface area contributed by atoms with E-state index in [0.717, 1.165) is 35.2 Å². The fraction of sp³-hybridized carbons (Fsp3) is 0.474. The van der Waals surface area contributed by atoms with Gasteiger partial charge in [-0.2, -0.15) is 0 Å². The minimum absolute atomic E-state index is 0.200. The Bertz CT molecular complexity index is 869. The maximum Gasteiger partial charge on any atom is 0.323 e. The molecule has 3 heterocycles. The van der Waals surface area contributed by atoms with Gasteiger partial charge >= 0.3 is 5.97 Å². The summed E-state index contributed by atoms with van der Waals surface area (Å²) in [7, 11) is 3.38. The molecule has 1 aromatic heterocycles. The lowest BCUT2D eigenvalue weighted by molar-refractivity contribution is -0.145. The second-order valence-electron chi connectivity index (χ2n) is 7.11. The second kappa shape index (κ2) is 5.85. The fourth-order valence-electron chi connectivity index (χ4n) is 4.22. The van der Waals surface area contributed by atoms with Crippen LogP contribution in [0.5, 0.6) is 5.75 Å². The Kier molecular flexibility index (Phi) is 3.89. The number of benzene rings is 1. The number of aromatic nitrogens is 1. The third-order valence-corrected chi connectivity index (χ3v) is 5.67. The van der Waals surface area contributed by atoms with Gasteiger partial charge in [0.1, 0.15) is 17.4 Å². The van der Waals surface area contributed by atoms with Crippen LogP contribution in [-0.2, 0) is 16.0 Å². The number of hydrogen-bond donors (Lipinski definition) is 0. The first-order valence-corrected chi connectivity index (χ1v) is 8.86. The number of carbonyl (C=O) groups excluding carboxylic acids is 1. The maximum atomic E-state index is 12.0. The van der Waals surface area contributed by atoms with Crippen molar-refractivity contribution in [3.05, 3.63) is 34.5 Å². The highest BCUT2D eigenvalue weighted by Crippen LogP contribution is 2.44. The molecule has 2 atom stereocenters. The van der Waals surface area contributed by atoms with Gasteiger partial charge in [-0.3, -0.25) is 9.69 Å². The van der Waals surface area contributed by atoms with E-state index in [4.69, 9.17) is 21.1 Å². The molecule has 4 rings (SSSR count). The first-order chi connectivity index (χ1) is 11.9. The van der Waals surface area contributed by atoms with Gasteiger partial charge < -0.3 is 9.47 Å². The summed E-state index contributed by atoms with van der Waals surface area (Å²) in [5.41, 5.74) is 2.63. The van der Waals surface area contributed by atoms with Crippen molar-refractivity contribution >= 4 is 28.5 Å². The van der Waals surface area contributed by atoms with Crippen LogP contribution in [0.1, 0.15) is 24.1 Å². The van der Waals surface area contributed by atoms with Gasteiger partial charge in [-0.1, -0.05) is 11.6 Å². The molecule has 2 aromatic rings. The molecule has 0 radical (unpaired) electrons. The van der Waals surface area contributed by atoms with E-state index in [2.05, 4.69) is 4.98 Å². The van der Waals surface area contributed by atoms with Crippen LogP contribution >= 0.6 is 11.6 Å². The molecule has 6 heteroatoms. The highest BCUT2D eigenvalue weighted by atomic mass is 35.5. The number of carbonyl (C=O) groups is 1. The number of halogens is 1. The maximum absolute atomic E-state index is 12.0. The van der Waals surface area contributed by atoms with Crippen LogP contribution < -0.4 is 4.74 Å². The molecule has 25 heavy (non-hydrogen) atoms. The number of rotatable bonds is 1. The largest absolute Gasteiger partial charge is 0.484 e. The molecule has 0 aliphatic carbocycles. The fourth-order valence-corrected chi connectivity index (χ4v) is 4.39. The molecule has 2 unspecified atom stereocenters. The Morgan fingerprint density at radius 1 is 1.48 bits per heavy atom. The van der Waals surface area contributed by atoms with Crippen molar-refractivity contribution in [3.63, 3.8) is 0 Å². The smallest absolute Gasteiger partial charge is 0.323 e. The molecule has 0 bridgehead atoms. The van der Waals surface area contributed by atoms with Crippen molar-refractivity contribution in [2.24, 2.45) is 0 Å². The lowest BCUT2D eigenvalue weighted by atomic mass is 9.87. The zero-order valence-corrected chi connectivity index (χ0v) is 15.4. The summed E-state index contributed by atoms with van der Waals surface area (Å²) in [6, 6.07) is 5.52. The van der Waals surface area contributed by atoms with Crippen LogP contribution in [0.4, 0.5) is 0 Å². The quantitative estimate of drug-likeness (QED) is 0.731. The van der Waals surface area contributed by atoms with E-state index in [1.54, 1.807) is 0 Å². The number of nitrogens with zero attached hydrogens (tertiary/aromatic N) is 2. The number of ether oxygens (including phenoxy) is 2. The topological polar surface area (TPSA) is 51.7 Å². The number of likely N-dealkylation sites (tertiary alicyclic amines) is 1. The Labute approximate surface area is 151 Å². The molecule has 0 amide bonds. The lowest BCUT2D eigenvalue weighted by Crippen LogP contribution is -2.42. The molecular weight excluding hydrogens is 340 g/mol. The Hall–Kier alpha value is -1.85. The van der Waals surface area contributed by atoms with Gasteiger partial charge in [0.2, 0.25) is 0 Å². The molecule has 1 fully saturated rings. The van der Waals surface area contributed by atoms with Gasteiger partial charge in [0, 0.05) is 28.9 Å². The monoisotopic (exact) mass is 360 g/mol. The van der Waals surface area contributed by atoms with E-state index in [9.17, 15) is 4.79 Å². The van der Waals surface area contributed by atoms with E-state index >= 15 is 0 Å².